The summed E-state index contributed by atoms with van der Waals surface area (Å²) in [5.74, 6) is -0.0753. The second-order valence-electron chi connectivity index (χ2n) is 3.02. The van der Waals surface area contributed by atoms with E-state index in [1.54, 1.807) is 0 Å². The van der Waals surface area contributed by atoms with Crippen molar-refractivity contribution in [2.45, 2.75) is 12.2 Å². The van der Waals surface area contributed by atoms with Crippen molar-refractivity contribution in [2.75, 3.05) is 5.75 Å². The van der Waals surface area contributed by atoms with E-state index < -0.39 is 12.2 Å². The molecule has 0 aliphatic carbocycles. The summed E-state index contributed by atoms with van der Waals surface area (Å²) in [7, 11) is 0. The molecule has 0 amide bonds. The summed E-state index contributed by atoms with van der Waals surface area (Å²) in [6, 6.07) is 2.53. The molecule has 0 heterocycles. The molecule has 15 heavy (non-hydrogen) atoms. The average molecular weight is 269 g/mol. The largest absolute Gasteiger partial charge is 0.506 e. The Hall–Kier alpha value is -0.130. The second kappa shape index (κ2) is 5.27. The number of halogens is 2. The molecule has 3 N–H and O–H groups in total. The van der Waals surface area contributed by atoms with E-state index in [0.29, 0.717) is 0 Å². The molecule has 0 saturated heterocycles. The normalized spacial score (nSPS) is 15.0. The van der Waals surface area contributed by atoms with E-state index in [9.17, 15) is 15.3 Å². The van der Waals surface area contributed by atoms with Crippen molar-refractivity contribution in [3.63, 3.8) is 0 Å². The molecular formula is C9H10Cl2O3S. The SMILES string of the molecule is Oc1cc(Cl)c(C(O)C(O)CS)cc1Cl. The summed E-state index contributed by atoms with van der Waals surface area (Å²) in [6.07, 6.45) is -2.21. The van der Waals surface area contributed by atoms with Gasteiger partial charge in [-0.25, -0.2) is 0 Å². The van der Waals surface area contributed by atoms with Gasteiger partial charge in [-0.15, -0.1) is 0 Å². The zero-order chi connectivity index (χ0) is 11.6. The first-order valence-corrected chi connectivity index (χ1v) is 5.51. The first-order chi connectivity index (χ1) is 6.97. The van der Waals surface area contributed by atoms with Crippen molar-refractivity contribution in [3.8, 4) is 5.75 Å². The van der Waals surface area contributed by atoms with Crippen molar-refractivity contribution in [2.24, 2.45) is 0 Å². The molecule has 2 unspecified atom stereocenters. The summed E-state index contributed by atoms with van der Waals surface area (Å²) in [5, 5.41) is 28.5. The van der Waals surface area contributed by atoms with Gasteiger partial charge in [-0.3, -0.25) is 0 Å². The van der Waals surface area contributed by atoms with Crippen molar-refractivity contribution in [3.05, 3.63) is 27.7 Å². The third-order valence-corrected chi connectivity index (χ3v) is 2.94. The Kier molecular flexibility index (Phi) is 4.55. The Morgan fingerprint density at radius 1 is 1.20 bits per heavy atom. The topological polar surface area (TPSA) is 60.7 Å². The maximum absolute atomic E-state index is 9.66. The van der Waals surface area contributed by atoms with E-state index in [1.165, 1.54) is 12.1 Å². The van der Waals surface area contributed by atoms with E-state index in [1.807, 2.05) is 0 Å². The smallest absolute Gasteiger partial charge is 0.135 e. The molecule has 1 rings (SSSR count). The van der Waals surface area contributed by atoms with E-state index in [2.05, 4.69) is 12.6 Å². The highest BCUT2D eigenvalue weighted by atomic mass is 35.5. The van der Waals surface area contributed by atoms with Crippen LogP contribution in [0.15, 0.2) is 12.1 Å². The summed E-state index contributed by atoms with van der Waals surface area (Å²) < 4.78 is 0. The number of aliphatic hydroxyl groups excluding tert-OH is 2. The number of rotatable bonds is 3. The second-order valence-corrected chi connectivity index (χ2v) is 4.20. The minimum absolute atomic E-state index is 0.0693. The first kappa shape index (κ1) is 12.9. The van der Waals surface area contributed by atoms with Crippen LogP contribution in [-0.2, 0) is 0 Å². The summed E-state index contributed by atoms with van der Waals surface area (Å²) in [5.41, 5.74) is 0.265. The molecule has 0 aliphatic heterocycles. The minimum Gasteiger partial charge on any atom is -0.506 e. The number of hydrogen-bond acceptors (Lipinski definition) is 4. The van der Waals surface area contributed by atoms with Gasteiger partial charge in [0, 0.05) is 17.4 Å². The predicted octanol–water partition coefficient (Wildman–Crippen LogP) is 2.02. The fourth-order valence-electron chi connectivity index (χ4n) is 1.09. The van der Waals surface area contributed by atoms with Crippen LogP contribution in [0.5, 0.6) is 5.75 Å². The average Bonchev–Trinajstić information content (AvgIpc) is 2.21. The van der Waals surface area contributed by atoms with E-state index >= 15 is 0 Å². The van der Waals surface area contributed by atoms with Crippen LogP contribution >= 0.6 is 35.8 Å². The van der Waals surface area contributed by atoms with Crippen LogP contribution in [0.4, 0.5) is 0 Å². The van der Waals surface area contributed by atoms with Gasteiger partial charge in [-0.1, -0.05) is 23.2 Å². The molecule has 1 aromatic rings. The highest BCUT2D eigenvalue weighted by molar-refractivity contribution is 7.80. The van der Waals surface area contributed by atoms with Gasteiger partial charge in [0.25, 0.3) is 0 Å². The molecule has 0 aromatic heterocycles. The molecule has 0 radical (unpaired) electrons. The lowest BCUT2D eigenvalue weighted by molar-refractivity contribution is 0.0338. The maximum Gasteiger partial charge on any atom is 0.135 e. The summed E-state index contributed by atoms with van der Waals surface area (Å²) in [4.78, 5) is 0. The van der Waals surface area contributed by atoms with E-state index in [0.717, 1.165) is 0 Å². The predicted molar refractivity (Wildman–Crippen MR) is 62.9 cm³/mol. The van der Waals surface area contributed by atoms with Gasteiger partial charge in [0.2, 0.25) is 0 Å². The quantitative estimate of drug-likeness (QED) is 0.635. The standard InChI is InChI=1S/C9H10Cl2O3S/c10-5-2-7(12)6(11)1-4(5)9(14)8(13)3-15/h1-2,8-9,12-15H,3H2. The molecular weight excluding hydrogens is 259 g/mol. The first-order valence-electron chi connectivity index (χ1n) is 4.12. The van der Waals surface area contributed by atoms with Crippen molar-refractivity contribution in [1.29, 1.82) is 0 Å². The van der Waals surface area contributed by atoms with Crippen LogP contribution in [0.1, 0.15) is 11.7 Å². The molecule has 6 heteroatoms. The van der Waals surface area contributed by atoms with Gasteiger partial charge < -0.3 is 15.3 Å². The zero-order valence-corrected chi connectivity index (χ0v) is 9.97. The number of aliphatic hydroxyl groups is 2. The van der Waals surface area contributed by atoms with Crippen LogP contribution in [0.2, 0.25) is 10.0 Å². The van der Waals surface area contributed by atoms with Crippen LogP contribution < -0.4 is 0 Å². The third kappa shape index (κ3) is 2.92. The number of hydrogen-bond donors (Lipinski definition) is 4. The van der Waals surface area contributed by atoms with Crippen LogP contribution in [0.3, 0.4) is 0 Å². The van der Waals surface area contributed by atoms with Crippen molar-refractivity contribution in [1.82, 2.24) is 0 Å². The Labute approximate surface area is 103 Å². The fraction of sp³-hybridized carbons (Fsp3) is 0.333. The Morgan fingerprint density at radius 2 is 1.80 bits per heavy atom. The Morgan fingerprint density at radius 3 is 2.33 bits per heavy atom. The van der Waals surface area contributed by atoms with Gasteiger partial charge in [0.15, 0.2) is 0 Å². The van der Waals surface area contributed by atoms with Gasteiger partial charge in [0.1, 0.15) is 11.9 Å². The van der Waals surface area contributed by atoms with Gasteiger partial charge >= 0.3 is 0 Å². The van der Waals surface area contributed by atoms with Crippen LogP contribution in [-0.4, -0.2) is 27.2 Å². The van der Waals surface area contributed by atoms with Gasteiger partial charge in [0.05, 0.1) is 16.1 Å². The molecule has 84 valence electrons. The monoisotopic (exact) mass is 268 g/mol. The number of benzene rings is 1. The molecule has 0 bridgehead atoms. The number of aromatic hydroxyl groups is 1. The van der Waals surface area contributed by atoms with Crippen LogP contribution in [0.25, 0.3) is 0 Å². The summed E-state index contributed by atoms with van der Waals surface area (Å²) >= 11 is 15.3. The number of thiol groups is 1. The zero-order valence-electron chi connectivity index (χ0n) is 7.56. The Bertz CT molecular complexity index is 359. The van der Waals surface area contributed by atoms with Crippen molar-refractivity contribution >= 4 is 35.8 Å². The summed E-state index contributed by atoms with van der Waals surface area (Å²) in [6.45, 7) is 0. The fourth-order valence-corrected chi connectivity index (χ4v) is 1.73. The minimum atomic E-state index is -1.17. The lowest BCUT2D eigenvalue weighted by Gasteiger charge is -2.17. The molecule has 3 nitrogen and oxygen atoms in total. The highest BCUT2D eigenvalue weighted by Crippen LogP contribution is 2.34. The lowest BCUT2D eigenvalue weighted by Crippen LogP contribution is -2.20. The highest BCUT2D eigenvalue weighted by Gasteiger charge is 2.20. The van der Waals surface area contributed by atoms with E-state index in [-0.39, 0.29) is 27.1 Å². The van der Waals surface area contributed by atoms with Crippen molar-refractivity contribution < 1.29 is 15.3 Å². The Balaban J connectivity index is 3.09. The molecule has 0 saturated carbocycles. The molecule has 0 spiro atoms. The lowest BCUT2D eigenvalue weighted by atomic mass is 10.1. The van der Waals surface area contributed by atoms with Crippen LogP contribution in [0, 0.1) is 0 Å². The third-order valence-electron chi connectivity index (χ3n) is 1.94. The molecule has 0 fully saturated rings. The molecule has 0 aliphatic rings. The molecule has 2 atom stereocenters. The maximum atomic E-state index is 9.66. The number of phenolic OH excluding ortho intramolecular Hbond substituents is 1. The molecule has 1 aromatic carbocycles. The van der Waals surface area contributed by atoms with Gasteiger partial charge in [-0.2, -0.15) is 12.6 Å². The van der Waals surface area contributed by atoms with Gasteiger partial charge in [-0.05, 0) is 6.07 Å². The number of phenols is 1. The van der Waals surface area contributed by atoms with E-state index in [4.69, 9.17) is 23.2 Å².